The molecule has 0 amide bonds. The first-order chi connectivity index (χ1) is 7.29. The Balaban J connectivity index is 2.13. The van der Waals surface area contributed by atoms with Crippen LogP contribution < -0.4 is 5.32 Å². The first-order valence-corrected chi connectivity index (χ1v) is 6.30. The predicted molar refractivity (Wildman–Crippen MR) is 66.1 cm³/mol. The van der Waals surface area contributed by atoms with Gasteiger partial charge in [0.1, 0.15) is 0 Å². The fourth-order valence-corrected chi connectivity index (χ4v) is 2.88. The lowest BCUT2D eigenvalue weighted by atomic mass is 10.4. The molecule has 0 aromatic carbocycles. The van der Waals surface area contributed by atoms with Crippen LogP contribution in [0.3, 0.4) is 0 Å². The molecule has 0 radical (unpaired) electrons. The van der Waals surface area contributed by atoms with Crippen molar-refractivity contribution in [2.45, 2.75) is 13.1 Å². The maximum atomic E-state index is 4.31. The molecule has 0 aliphatic heterocycles. The summed E-state index contributed by atoms with van der Waals surface area (Å²) in [5, 5.41) is 7.44. The highest BCUT2D eigenvalue weighted by molar-refractivity contribution is 9.11. The lowest BCUT2D eigenvalue weighted by Gasteiger charge is -2.04. The van der Waals surface area contributed by atoms with E-state index in [4.69, 9.17) is 0 Å². The van der Waals surface area contributed by atoms with Gasteiger partial charge in [0.05, 0.1) is 16.0 Å². The molecule has 0 aliphatic carbocycles. The van der Waals surface area contributed by atoms with E-state index in [-0.39, 0.29) is 0 Å². The van der Waals surface area contributed by atoms with E-state index in [1.165, 1.54) is 14.4 Å². The molecule has 80 valence electrons. The molecule has 0 atom stereocenters. The number of thiophene rings is 1. The lowest BCUT2D eigenvalue weighted by molar-refractivity contribution is 0.627. The summed E-state index contributed by atoms with van der Waals surface area (Å²) >= 11 is 5.21. The molecule has 2 rings (SSSR count). The maximum Gasteiger partial charge on any atom is 0.0756 e. The van der Waals surface area contributed by atoms with E-state index in [2.05, 4.69) is 38.5 Å². The van der Waals surface area contributed by atoms with Crippen LogP contribution in [0, 0.1) is 0 Å². The molecule has 0 saturated heterocycles. The van der Waals surface area contributed by atoms with Gasteiger partial charge < -0.3 is 5.32 Å². The summed E-state index contributed by atoms with van der Waals surface area (Å²) in [7, 11) is 1.94. The molecule has 5 heteroatoms. The molecule has 3 nitrogen and oxygen atoms in total. The first kappa shape index (κ1) is 10.9. The number of hydrogen-bond donors (Lipinski definition) is 1. The Labute approximate surface area is 101 Å². The minimum atomic E-state index is 0.848. The minimum Gasteiger partial charge on any atom is -0.314 e. The highest BCUT2D eigenvalue weighted by Gasteiger charge is 2.03. The Morgan fingerprint density at radius 3 is 3.00 bits per heavy atom. The van der Waals surface area contributed by atoms with Crippen molar-refractivity contribution in [2.24, 2.45) is 0 Å². The van der Waals surface area contributed by atoms with Gasteiger partial charge in [-0.25, -0.2) is 0 Å². The summed E-state index contributed by atoms with van der Waals surface area (Å²) in [5.41, 5.74) is 1.21. The Morgan fingerprint density at radius 1 is 1.47 bits per heavy atom. The van der Waals surface area contributed by atoms with Crippen LogP contribution in [0.5, 0.6) is 0 Å². The van der Waals surface area contributed by atoms with Crippen molar-refractivity contribution in [3.05, 3.63) is 38.8 Å². The van der Waals surface area contributed by atoms with Gasteiger partial charge in [0.2, 0.25) is 0 Å². The van der Waals surface area contributed by atoms with E-state index in [0.29, 0.717) is 0 Å². The zero-order valence-electron chi connectivity index (χ0n) is 8.40. The quantitative estimate of drug-likeness (QED) is 0.935. The SMILES string of the molecule is CNCc1ccnn1Cc1ccc(Br)s1. The van der Waals surface area contributed by atoms with Gasteiger partial charge in [0.25, 0.3) is 0 Å². The second-order valence-corrected chi connectivity index (χ2v) is 5.76. The highest BCUT2D eigenvalue weighted by Crippen LogP contribution is 2.22. The molecule has 2 aromatic heterocycles. The van der Waals surface area contributed by atoms with E-state index in [0.717, 1.165) is 13.1 Å². The van der Waals surface area contributed by atoms with Gasteiger partial charge in [-0.1, -0.05) is 0 Å². The third kappa shape index (κ3) is 2.68. The van der Waals surface area contributed by atoms with Crippen molar-refractivity contribution in [1.29, 1.82) is 0 Å². The summed E-state index contributed by atoms with van der Waals surface area (Å²) < 4.78 is 3.19. The number of halogens is 1. The predicted octanol–water partition coefficient (Wildman–Crippen LogP) is 2.47. The second kappa shape index (κ2) is 4.92. The number of nitrogens with one attached hydrogen (secondary N) is 1. The van der Waals surface area contributed by atoms with Crippen LogP contribution in [0.1, 0.15) is 10.6 Å². The van der Waals surface area contributed by atoms with Crippen LogP contribution in [-0.2, 0) is 13.1 Å². The third-order valence-corrected chi connectivity index (χ3v) is 3.71. The van der Waals surface area contributed by atoms with Crippen molar-refractivity contribution in [3.8, 4) is 0 Å². The zero-order valence-corrected chi connectivity index (χ0v) is 10.8. The summed E-state index contributed by atoms with van der Waals surface area (Å²) in [4.78, 5) is 1.31. The number of rotatable bonds is 4. The Bertz CT molecular complexity index is 435. The topological polar surface area (TPSA) is 29.9 Å². The fourth-order valence-electron chi connectivity index (χ4n) is 1.42. The van der Waals surface area contributed by atoms with Crippen molar-refractivity contribution >= 4 is 27.3 Å². The first-order valence-electron chi connectivity index (χ1n) is 4.69. The van der Waals surface area contributed by atoms with Gasteiger partial charge in [0, 0.05) is 17.6 Å². The minimum absolute atomic E-state index is 0.848. The summed E-state index contributed by atoms with van der Waals surface area (Å²) in [6.45, 7) is 1.70. The molecule has 0 fully saturated rings. The van der Waals surface area contributed by atoms with Gasteiger partial charge in [-0.05, 0) is 41.2 Å². The molecular weight excluding hydrogens is 274 g/mol. The van der Waals surface area contributed by atoms with Gasteiger partial charge in [-0.2, -0.15) is 5.10 Å². The maximum absolute atomic E-state index is 4.31. The number of aromatic nitrogens is 2. The van der Waals surface area contributed by atoms with Gasteiger partial charge in [-0.3, -0.25) is 4.68 Å². The fraction of sp³-hybridized carbons (Fsp3) is 0.300. The third-order valence-electron chi connectivity index (χ3n) is 2.10. The van der Waals surface area contributed by atoms with Crippen LogP contribution in [0.4, 0.5) is 0 Å². The molecule has 0 bridgehead atoms. The molecule has 0 saturated carbocycles. The van der Waals surface area contributed by atoms with Crippen LogP contribution in [0.15, 0.2) is 28.2 Å². The molecule has 0 aliphatic rings. The zero-order chi connectivity index (χ0) is 10.7. The summed E-state index contributed by atoms with van der Waals surface area (Å²) in [6.07, 6.45) is 1.84. The van der Waals surface area contributed by atoms with Crippen molar-refractivity contribution in [1.82, 2.24) is 15.1 Å². The van der Waals surface area contributed by atoms with Crippen LogP contribution in [0.25, 0.3) is 0 Å². The largest absolute Gasteiger partial charge is 0.314 e. The summed E-state index contributed by atoms with van der Waals surface area (Å²) in [5.74, 6) is 0. The molecular formula is C10H12BrN3S. The van der Waals surface area contributed by atoms with E-state index in [1.807, 2.05) is 24.0 Å². The Kier molecular flexibility index (Phi) is 3.56. The smallest absolute Gasteiger partial charge is 0.0756 e. The Hall–Kier alpha value is -0.650. The van der Waals surface area contributed by atoms with E-state index in [9.17, 15) is 0 Å². The average molecular weight is 286 g/mol. The van der Waals surface area contributed by atoms with Crippen LogP contribution in [0.2, 0.25) is 0 Å². The lowest BCUT2D eigenvalue weighted by Crippen LogP contribution is -2.12. The molecule has 0 unspecified atom stereocenters. The van der Waals surface area contributed by atoms with Crippen LogP contribution in [-0.4, -0.2) is 16.8 Å². The van der Waals surface area contributed by atoms with Crippen LogP contribution >= 0.6 is 27.3 Å². The normalized spacial score (nSPS) is 10.8. The Morgan fingerprint density at radius 2 is 2.33 bits per heavy atom. The summed E-state index contributed by atoms with van der Waals surface area (Å²) in [6, 6.07) is 6.24. The number of nitrogens with zero attached hydrogens (tertiary/aromatic N) is 2. The van der Waals surface area contributed by atoms with Crippen molar-refractivity contribution < 1.29 is 0 Å². The van der Waals surface area contributed by atoms with E-state index in [1.54, 1.807) is 11.3 Å². The van der Waals surface area contributed by atoms with Crippen molar-refractivity contribution in [2.75, 3.05) is 7.05 Å². The molecule has 0 spiro atoms. The van der Waals surface area contributed by atoms with Gasteiger partial charge in [-0.15, -0.1) is 11.3 Å². The van der Waals surface area contributed by atoms with E-state index >= 15 is 0 Å². The molecule has 15 heavy (non-hydrogen) atoms. The number of hydrogen-bond acceptors (Lipinski definition) is 3. The molecule has 1 N–H and O–H groups in total. The monoisotopic (exact) mass is 285 g/mol. The van der Waals surface area contributed by atoms with Crippen molar-refractivity contribution in [3.63, 3.8) is 0 Å². The second-order valence-electron chi connectivity index (χ2n) is 3.22. The average Bonchev–Trinajstić information content (AvgIpc) is 2.78. The standard InChI is InChI=1S/C10H12BrN3S/c1-12-6-8-4-5-13-14(8)7-9-2-3-10(11)15-9/h2-5,12H,6-7H2,1H3. The van der Waals surface area contributed by atoms with E-state index < -0.39 is 0 Å². The highest BCUT2D eigenvalue weighted by atomic mass is 79.9. The molecule has 2 aromatic rings. The van der Waals surface area contributed by atoms with Gasteiger partial charge >= 0.3 is 0 Å². The molecule has 2 heterocycles. The van der Waals surface area contributed by atoms with Gasteiger partial charge in [0.15, 0.2) is 0 Å².